The first kappa shape index (κ1) is 19.2. The van der Waals surface area contributed by atoms with E-state index in [1.54, 1.807) is 19.2 Å². The number of aryl methyl sites for hydroxylation is 1. The van der Waals surface area contributed by atoms with E-state index >= 15 is 0 Å². The van der Waals surface area contributed by atoms with Crippen LogP contribution >= 0.6 is 0 Å². The Morgan fingerprint density at radius 3 is 2.44 bits per heavy atom. The molecule has 0 radical (unpaired) electrons. The summed E-state index contributed by atoms with van der Waals surface area (Å²) in [5.41, 5.74) is 0.307. The summed E-state index contributed by atoms with van der Waals surface area (Å²) in [4.78, 5) is 12.5. The van der Waals surface area contributed by atoms with Gasteiger partial charge >= 0.3 is 0 Å². The number of aromatic nitrogens is 1. The van der Waals surface area contributed by atoms with Crippen LogP contribution in [0.3, 0.4) is 0 Å². The number of unbranched alkanes of at least 4 members (excludes halogenated alkanes) is 4. The number of nitrogens with zero attached hydrogens (tertiary/aromatic N) is 1. The van der Waals surface area contributed by atoms with E-state index in [1.165, 1.54) is 4.57 Å². The van der Waals surface area contributed by atoms with E-state index in [4.69, 9.17) is 9.47 Å². The normalized spacial score (nSPS) is 11.0. The number of aromatic hydroxyl groups is 1. The summed E-state index contributed by atoms with van der Waals surface area (Å²) in [6, 6.07) is 5.37. The Morgan fingerprint density at radius 2 is 1.72 bits per heavy atom. The predicted molar refractivity (Wildman–Crippen MR) is 101 cm³/mol. The number of ether oxygens (including phenoxy) is 2. The number of pyridine rings is 1. The molecule has 0 unspecified atom stereocenters. The van der Waals surface area contributed by atoms with Crippen molar-refractivity contribution in [2.45, 2.75) is 52.4 Å². The summed E-state index contributed by atoms with van der Waals surface area (Å²) >= 11 is 0. The van der Waals surface area contributed by atoms with Crippen molar-refractivity contribution in [3.05, 3.63) is 28.6 Å². The van der Waals surface area contributed by atoms with E-state index < -0.39 is 0 Å². The molecule has 0 amide bonds. The molecule has 0 aliphatic rings. The third kappa shape index (κ3) is 4.68. The van der Waals surface area contributed by atoms with Crippen molar-refractivity contribution in [2.75, 3.05) is 13.2 Å². The number of rotatable bonds is 10. The van der Waals surface area contributed by atoms with Crippen LogP contribution in [0.1, 0.15) is 52.4 Å². The van der Waals surface area contributed by atoms with Crippen molar-refractivity contribution in [1.29, 1.82) is 0 Å². The molecule has 0 spiro atoms. The summed E-state index contributed by atoms with van der Waals surface area (Å²) in [6.07, 6.45) is 6.26. The summed E-state index contributed by atoms with van der Waals surface area (Å²) in [5, 5.41) is 11.1. The largest absolute Gasteiger partial charge is 0.504 e. The second-order valence-electron chi connectivity index (χ2n) is 6.33. The molecule has 5 nitrogen and oxygen atoms in total. The number of hydrogen-bond donors (Lipinski definition) is 1. The Bertz CT molecular complexity index is 751. The molecule has 0 bridgehead atoms. The molecular formula is C20H29NO4. The lowest BCUT2D eigenvalue weighted by atomic mass is 10.1. The van der Waals surface area contributed by atoms with E-state index in [-0.39, 0.29) is 17.1 Å². The van der Waals surface area contributed by atoms with Crippen LogP contribution in [0.4, 0.5) is 0 Å². The quantitative estimate of drug-likeness (QED) is 0.648. The summed E-state index contributed by atoms with van der Waals surface area (Å²) in [6.45, 7) is 5.33. The monoisotopic (exact) mass is 347 g/mol. The molecule has 1 aromatic heterocycles. The zero-order valence-electron chi connectivity index (χ0n) is 15.5. The molecule has 0 aliphatic heterocycles. The van der Waals surface area contributed by atoms with Crippen molar-refractivity contribution >= 4 is 10.9 Å². The van der Waals surface area contributed by atoms with Gasteiger partial charge in [-0.25, -0.2) is 0 Å². The minimum atomic E-state index is -0.328. The molecule has 0 atom stereocenters. The number of fused-ring (bicyclic) bond motifs is 1. The van der Waals surface area contributed by atoms with Gasteiger partial charge in [-0.1, -0.05) is 39.5 Å². The average molecular weight is 347 g/mol. The Labute approximate surface area is 149 Å². The standard InChI is InChI=1S/C20H29NO4/c1-4-6-8-9-13-25-19-18(22)16-11-10-15(24-12-7-5-2)14-17(16)21(3)20(19)23/h10-11,14,22H,4-9,12-13H2,1-3H3. The van der Waals surface area contributed by atoms with Gasteiger partial charge in [0.15, 0.2) is 5.75 Å². The van der Waals surface area contributed by atoms with Crippen LogP contribution in [0.5, 0.6) is 17.2 Å². The van der Waals surface area contributed by atoms with Gasteiger partial charge in [-0.05, 0) is 25.0 Å². The molecule has 0 saturated carbocycles. The Hall–Kier alpha value is -2.17. The van der Waals surface area contributed by atoms with Crippen LogP contribution in [0.2, 0.25) is 0 Å². The minimum Gasteiger partial charge on any atom is -0.504 e. The molecule has 0 fully saturated rings. The van der Waals surface area contributed by atoms with E-state index in [0.717, 1.165) is 38.5 Å². The van der Waals surface area contributed by atoms with E-state index in [9.17, 15) is 9.90 Å². The van der Waals surface area contributed by atoms with Crippen LogP contribution < -0.4 is 15.0 Å². The van der Waals surface area contributed by atoms with Gasteiger partial charge in [0.2, 0.25) is 5.75 Å². The molecule has 0 saturated heterocycles. The molecule has 138 valence electrons. The lowest BCUT2D eigenvalue weighted by Gasteiger charge is -2.14. The Balaban J connectivity index is 2.24. The van der Waals surface area contributed by atoms with Crippen LogP contribution in [0.15, 0.2) is 23.0 Å². The van der Waals surface area contributed by atoms with Gasteiger partial charge in [-0.15, -0.1) is 0 Å². The first-order valence-corrected chi connectivity index (χ1v) is 9.21. The molecular weight excluding hydrogens is 318 g/mol. The fraction of sp³-hybridized carbons (Fsp3) is 0.550. The highest BCUT2D eigenvalue weighted by atomic mass is 16.5. The van der Waals surface area contributed by atoms with Gasteiger partial charge < -0.3 is 19.1 Å². The summed E-state index contributed by atoms with van der Waals surface area (Å²) in [5.74, 6) is 0.642. The highest BCUT2D eigenvalue weighted by molar-refractivity contribution is 5.88. The molecule has 25 heavy (non-hydrogen) atoms. The Morgan fingerprint density at radius 1 is 1.00 bits per heavy atom. The molecule has 2 aromatic rings. The van der Waals surface area contributed by atoms with Crippen molar-refractivity contribution in [1.82, 2.24) is 4.57 Å². The van der Waals surface area contributed by atoms with Crippen LogP contribution in [-0.4, -0.2) is 22.9 Å². The first-order chi connectivity index (χ1) is 12.1. The molecule has 1 heterocycles. The van der Waals surface area contributed by atoms with Crippen LogP contribution in [0.25, 0.3) is 10.9 Å². The fourth-order valence-corrected chi connectivity index (χ4v) is 2.73. The van der Waals surface area contributed by atoms with Crippen molar-refractivity contribution < 1.29 is 14.6 Å². The third-order valence-electron chi connectivity index (χ3n) is 4.31. The lowest BCUT2D eigenvalue weighted by Crippen LogP contribution is -2.20. The summed E-state index contributed by atoms with van der Waals surface area (Å²) < 4.78 is 12.8. The maximum atomic E-state index is 12.5. The van der Waals surface area contributed by atoms with Gasteiger partial charge in [-0.2, -0.15) is 0 Å². The van der Waals surface area contributed by atoms with E-state index in [1.807, 2.05) is 6.07 Å². The summed E-state index contributed by atoms with van der Waals surface area (Å²) in [7, 11) is 1.68. The van der Waals surface area contributed by atoms with Crippen molar-refractivity contribution in [3.63, 3.8) is 0 Å². The zero-order valence-corrected chi connectivity index (χ0v) is 15.5. The predicted octanol–water partition coefficient (Wildman–Crippen LogP) is 4.38. The van der Waals surface area contributed by atoms with Gasteiger partial charge in [0.25, 0.3) is 5.56 Å². The smallest absolute Gasteiger partial charge is 0.297 e. The van der Waals surface area contributed by atoms with E-state index in [0.29, 0.717) is 29.9 Å². The second-order valence-corrected chi connectivity index (χ2v) is 6.33. The zero-order chi connectivity index (χ0) is 18.2. The molecule has 5 heteroatoms. The highest BCUT2D eigenvalue weighted by Gasteiger charge is 2.16. The fourth-order valence-electron chi connectivity index (χ4n) is 2.73. The minimum absolute atomic E-state index is 0.0335. The third-order valence-corrected chi connectivity index (χ3v) is 4.31. The van der Waals surface area contributed by atoms with E-state index in [2.05, 4.69) is 13.8 Å². The highest BCUT2D eigenvalue weighted by Crippen LogP contribution is 2.33. The maximum absolute atomic E-state index is 12.5. The van der Waals surface area contributed by atoms with Gasteiger partial charge in [0.05, 0.1) is 18.7 Å². The molecule has 1 aromatic carbocycles. The van der Waals surface area contributed by atoms with Gasteiger partial charge in [0, 0.05) is 18.5 Å². The maximum Gasteiger partial charge on any atom is 0.297 e. The SMILES string of the molecule is CCCCCCOc1c(O)c2ccc(OCCCC)cc2n(C)c1=O. The first-order valence-electron chi connectivity index (χ1n) is 9.21. The number of hydrogen-bond acceptors (Lipinski definition) is 4. The van der Waals surface area contributed by atoms with Gasteiger partial charge in [-0.3, -0.25) is 4.79 Å². The average Bonchev–Trinajstić information content (AvgIpc) is 2.62. The topological polar surface area (TPSA) is 60.7 Å². The van der Waals surface area contributed by atoms with Crippen LogP contribution in [0, 0.1) is 0 Å². The van der Waals surface area contributed by atoms with Crippen molar-refractivity contribution in [2.24, 2.45) is 7.05 Å². The van der Waals surface area contributed by atoms with Gasteiger partial charge in [0.1, 0.15) is 5.75 Å². The van der Waals surface area contributed by atoms with Crippen molar-refractivity contribution in [3.8, 4) is 17.2 Å². The Kier molecular flexibility index (Phi) is 7.16. The molecule has 2 rings (SSSR count). The van der Waals surface area contributed by atoms with Crippen LogP contribution in [-0.2, 0) is 7.05 Å². The lowest BCUT2D eigenvalue weighted by molar-refractivity contribution is 0.285. The number of benzene rings is 1. The second kappa shape index (κ2) is 9.35. The molecule has 0 aliphatic carbocycles. The molecule has 1 N–H and O–H groups in total.